The first-order valence-electron chi connectivity index (χ1n) is 5.05. The standard InChI is InChI=1S/C10H17N3O/c1-8-7-11-4-3-10(8,14)9-12-5-6-13(9)2/h5-6,8,11,14H,3-4,7H2,1-2H3. The smallest absolute Gasteiger partial charge is 0.140 e. The molecule has 14 heavy (non-hydrogen) atoms. The van der Waals surface area contributed by atoms with Crippen LogP contribution in [-0.2, 0) is 12.6 Å². The number of nitrogens with one attached hydrogen (secondary N) is 1. The van der Waals surface area contributed by atoms with E-state index in [0.29, 0.717) is 0 Å². The number of aromatic nitrogens is 2. The Morgan fingerprint density at radius 2 is 2.50 bits per heavy atom. The van der Waals surface area contributed by atoms with Crippen LogP contribution in [0.25, 0.3) is 0 Å². The lowest BCUT2D eigenvalue weighted by atomic mass is 9.82. The predicted octanol–water partition coefficient (Wildman–Crippen LogP) is 0.237. The topological polar surface area (TPSA) is 50.1 Å². The van der Waals surface area contributed by atoms with Crippen LogP contribution in [0.15, 0.2) is 12.4 Å². The van der Waals surface area contributed by atoms with Gasteiger partial charge in [0.2, 0.25) is 0 Å². The molecule has 2 rings (SSSR count). The number of aryl methyl sites for hydroxylation is 1. The van der Waals surface area contributed by atoms with Gasteiger partial charge in [0.1, 0.15) is 11.4 Å². The van der Waals surface area contributed by atoms with E-state index in [1.165, 1.54) is 0 Å². The third-order valence-electron chi connectivity index (χ3n) is 3.16. The van der Waals surface area contributed by atoms with E-state index < -0.39 is 5.60 Å². The fourth-order valence-corrected chi connectivity index (χ4v) is 2.13. The Morgan fingerprint density at radius 3 is 3.07 bits per heavy atom. The molecule has 0 spiro atoms. The summed E-state index contributed by atoms with van der Waals surface area (Å²) in [6, 6.07) is 0. The summed E-state index contributed by atoms with van der Waals surface area (Å²) in [6.07, 6.45) is 4.35. The van der Waals surface area contributed by atoms with E-state index in [1.54, 1.807) is 6.20 Å². The number of aliphatic hydroxyl groups is 1. The van der Waals surface area contributed by atoms with Gasteiger partial charge in [0.25, 0.3) is 0 Å². The zero-order valence-corrected chi connectivity index (χ0v) is 8.70. The van der Waals surface area contributed by atoms with Crippen molar-refractivity contribution in [3.8, 4) is 0 Å². The van der Waals surface area contributed by atoms with E-state index in [2.05, 4.69) is 17.2 Å². The van der Waals surface area contributed by atoms with Gasteiger partial charge in [0.05, 0.1) is 0 Å². The lowest BCUT2D eigenvalue weighted by molar-refractivity contribution is -0.0488. The molecule has 4 nitrogen and oxygen atoms in total. The highest BCUT2D eigenvalue weighted by Gasteiger charge is 2.40. The van der Waals surface area contributed by atoms with Crippen LogP contribution in [0, 0.1) is 5.92 Å². The third-order valence-corrected chi connectivity index (χ3v) is 3.16. The molecule has 1 aromatic heterocycles. The zero-order valence-electron chi connectivity index (χ0n) is 8.70. The number of hydrogen-bond acceptors (Lipinski definition) is 3. The molecule has 1 aliphatic rings. The van der Waals surface area contributed by atoms with Crippen molar-refractivity contribution in [2.24, 2.45) is 13.0 Å². The number of imidazole rings is 1. The van der Waals surface area contributed by atoms with Crippen molar-refractivity contribution in [2.75, 3.05) is 13.1 Å². The first-order valence-corrected chi connectivity index (χ1v) is 5.05. The van der Waals surface area contributed by atoms with Gasteiger partial charge < -0.3 is 15.0 Å². The first-order chi connectivity index (χ1) is 6.64. The van der Waals surface area contributed by atoms with E-state index in [0.717, 1.165) is 25.3 Å². The van der Waals surface area contributed by atoms with Crippen LogP contribution in [0.1, 0.15) is 19.2 Å². The molecule has 4 heteroatoms. The highest BCUT2D eigenvalue weighted by Crippen LogP contribution is 2.33. The minimum atomic E-state index is -0.760. The van der Waals surface area contributed by atoms with Crippen molar-refractivity contribution in [3.63, 3.8) is 0 Å². The van der Waals surface area contributed by atoms with Crippen molar-refractivity contribution in [1.82, 2.24) is 14.9 Å². The maximum atomic E-state index is 10.6. The summed E-state index contributed by atoms with van der Waals surface area (Å²) in [6.45, 7) is 3.76. The summed E-state index contributed by atoms with van der Waals surface area (Å²) in [5, 5.41) is 13.8. The van der Waals surface area contributed by atoms with Crippen LogP contribution in [0.4, 0.5) is 0 Å². The molecule has 0 radical (unpaired) electrons. The lowest BCUT2D eigenvalue weighted by Crippen LogP contribution is -2.48. The maximum Gasteiger partial charge on any atom is 0.140 e. The van der Waals surface area contributed by atoms with Crippen molar-refractivity contribution in [2.45, 2.75) is 18.9 Å². The summed E-state index contributed by atoms with van der Waals surface area (Å²) in [5.41, 5.74) is -0.760. The Hall–Kier alpha value is -0.870. The second-order valence-corrected chi connectivity index (χ2v) is 4.14. The van der Waals surface area contributed by atoms with Gasteiger partial charge in [-0.2, -0.15) is 0 Å². The molecule has 78 valence electrons. The van der Waals surface area contributed by atoms with Crippen molar-refractivity contribution in [3.05, 3.63) is 18.2 Å². The molecule has 2 unspecified atom stereocenters. The molecular weight excluding hydrogens is 178 g/mol. The minimum absolute atomic E-state index is 0.206. The fourth-order valence-electron chi connectivity index (χ4n) is 2.13. The van der Waals surface area contributed by atoms with Crippen LogP contribution in [-0.4, -0.2) is 27.7 Å². The predicted molar refractivity (Wildman–Crippen MR) is 53.8 cm³/mol. The molecule has 2 atom stereocenters. The minimum Gasteiger partial charge on any atom is -0.382 e. The van der Waals surface area contributed by atoms with Gasteiger partial charge in [-0.05, 0) is 13.0 Å². The van der Waals surface area contributed by atoms with E-state index >= 15 is 0 Å². The molecule has 1 saturated heterocycles. The second kappa shape index (κ2) is 3.37. The molecule has 2 N–H and O–H groups in total. The quantitative estimate of drug-likeness (QED) is 0.675. The lowest BCUT2D eigenvalue weighted by Gasteiger charge is -2.37. The van der Waals surface area contributed by atoms with Crippen LogP contribution < -0.4 is 5.32 Å². The number of rotatable bonds is 1. The molecule has 0 amide bonds. The van der Waals surface area contributed by atoms with E-state index in [4.69, 9.17) is 0 Å². The molecule has 0 saturated carbocycles. The van der Waals surface area contributed by atoms with Gasteiger partial charge in [0, 0.05) is 31.9 Å². The number of piperidine rings is 1. The molecule has 2 heterocycles. The second-order valence-electron chi connectivity index (χ2n) is 4.14. The Labute approximate surface area is 84.0 Å². The van der Waals surface area contributed by atoms with Crippen LogP contribution in [0.2, 0.25) is 0 Å². The van der Waals surface area contributed by atoms with Gasteiger partial charge in [-0.25, -0.2) is 4.98 Å². The normalized spacial score (nSPS) is 33.2. The Bertz CT molecular complexity index is 323. The summed E-state index contributed by atoms with van der Waals surface area (Å²) in [7, 11) is 1.93. The van der Waals surface area contributed by atoms with Gasteiger partial charge in [0.15, 0.2) is 0 Å². The van der Waals surface area contributed by atoms with Crippen molar-refractivity contribution < 1.29 is 5.11 Å². The van der Waals surface area contributed by atoms with Crippen LogP contribution >= 0.6 is 0 Å². The molecule has 0 bridgehead atoms. The van der Waals surface area contributed by atoms with Gasteiger partial charge >= 0.3 is 0 Å². The monoisotopic (exact) mass is 195 g/mol. The highest BCUT2D eigenvalue weighted by atomic mass is 16.3. The molecule has 0 aliphatic carbocycles. The van der Waals surface area contributed by atoms with Crippen molar-refractivity contribution >= 4 is 0 Å². The molecule has 0 aromatic carbocycles. The molecule has 1 aromatic rings. The SMILES string of the molecule is CC1CNCCC1(O)c1nccn1C. The van der Waals surface area contributed by atoms with Crippen LogP contribution in [0.5, 0.6) is 0 Å². The van der Waals surface area contributed by atoms with Gasteiger partial charge in [-0.15, -0.1) is 0 Å². The fraction of sp³-hybridized carbons (Fsp3) is 0.700. The Morgan fingerprint density at radius 1 is 1.71 bits per heavy atom. The first kappa shape index (κ1) is 9.68. The highest BCUT2D eigenvalue weighted by molar-refractivity contribution is 5.08. The zero-order chi connectivity index (χ0) is 10.2. The van der Waals surface area contributed by atoms with E-state index in [9.17, 15) is 5.11 Å². The van der Waals surface area contributed by atoms with Gasteiger partial charge in [-0.1, -0.05) is 6.92 Å². The number of hydrogen-bond donors (Lipinski definition) is 2. The summed E-state index contributed by atoms with van der Waals surface area (Å²) < 4.78 is 1.90. The summed E-state index contributed by atoms with van der Waals surface area (Å²) in [5.74, 6) is 0.990. The molecular formula is C10H17N3O. The van der Waals surface area contributed by atoms with Crippen molar-refractivity contribution in [1.29, 1.82) is 0 Å². The van der Waals surface area contributed by atoms with E-state index in [-0.39, 0.29) is 5.92 Å². The van der Waals surface area contributed by atoms with Gasteiger partial charge in [-0.3, -0.25) is 0 Å². The summed E-state index contributed by atoms with van der Waals surface area (Å²) >= 11 is 0. The average molecular weight is 195 g/mol. The Balaban J connectivity index is 2.34. The molecule has 1 aliphatic heterocycles. The summed E-state index contributed by atoms with van der Waals surface area (Å²) in [4.78, 5) is 4.25. The van der Waals surface area contributed by atoms with E-state index in [1.807, 2.05) is 17.8 Å². The Kier molecular flexibility index (Phi) is 2.33. The number of nitrogens with zero attached hydrogens (tertiary/aromatic N) is 2. The maximum absolute atomic E-state index is 10.6. The molecule has 1 fully saturated rings. The average Bonchev–Trinajstić information content (AvgIpc) is 2.57. The largest absolute Gasteiger partial charge is 0.382 e. The van der Waals surface area contributed by atoms with Crippen LogP contribution in [0.3, 0.4) is 0 Å². The third kappa shape index (κ3) is 1.35.